The van der Waals surface area contributed by atoms with Crippen molar-refractivity contribution in [2.45, 2.75) is 20.8 Å². The Labute approximate surface area is 95.0 Å². The molecule has 0 bridgehead atoms. The molecule has 0 fully saturated rings. The highest BCUT2D eigenvalue weighted by Gasteiger charge is 2.09. The molecule has 2 aromatic rings. The first-order valence-electron chi connectivity index (χ1n) is 5.20. The summed E-state index contributed by atoms with van der Waals surface area (Å²) in [5, 5.41) is 3.89. The van der Waals surface area contributed by atoms with Crippen molar-refractivity contribution in [2.24, 2.45) is 0 Å². The molecule has 0 N–H and O–H groups in total. The predicted molar refractivity (Wildman–Crippen MR) is 62.7 cm³/mol. The highest BCUT2D eigenvalue weighted by molar-refractivity contribution is 5.62. The average Bonchev–Trinajstić information content (AvgIpc) is 2.64. The van der Waals surface area contributed by atoms with Gasteiger partial charge in [-0.05, 0) is 44.0 Å². The molecule has 1 aromatic carbocycles. The SMILES string of the molecule is COc1c(C)cc(-c2cc(C)no2)cc1C. The molecule has 0 saturated heterocycles. The maximum Gasteiger partial charge on any atom is 0.167 e. The molecule has 0 unspecified atom stereocenters. The second-order valence-electron chi connectivity index (χ2n) is 3.98. The molecule has 0 spiro atoms. The van der Waals surface area contributed by atoms with Gasteiger partial charge < -0.3 is 9.26 Å². The molecule has 3 nitrogen and oxygen atoms in total. The van der Waals surface area contributed by atoms with E-state index in [9.17, 15) is 0 Å². The third-order valence-corrected chi connectivity index (χ3v) is 2.58. The smallest absolute Gasteiger partial charge is 0.167 e. The van der Waals surface area contributed by atoms with Gasteiger partial charge in [-0.1, -0.05) is 5.16 Å². The fraction of sp³-hybridized carbons (Fsp3) is 0.308. The Morgan fingerprint density at radius 1 is 1.06 bits per heavy atom. The van der Waals surface area contributed by atoms with Crippen molar-refractivity contribution in [3.8, 4) is 17.1 Å². The second-order valence-corrected chi connectivity index (χ2v) is 3.98. The van der Waals surface area contributed by atoms with Gasteiger partial charge >= 0.3 is 0 Å². The van der Waals surface area contributed by atoms with Gasteiger partial charge in [0, 0.05) is 11.6 Å². The zero-order valence-electron chi connectivity index (χ0n) is 10.00. The molecule has 0 atom stereocenters. The van der Waals surface area contributed by atoms with Gasteiger partial charge in [-0.15, -0.1) is 0 Å². The molecule has 84 valence electrons. The first kappa shape index (κ1) is 10.7. The number of ether oxygens (including phenoxy) is 1. The lowest BCUT2D eigenvalue weighted by atomic mass is 10.0. The van der Waals surface area contributed by atoms with E-state index in [4.69, 9.17) is 9.26 Å². The maximum absolute atomic E-state index is 5.33. The van der Waals surface area contributed by atoms with Crippen molar-refractivity contribution in [1.82, 2.24) is 5.16 Å². The molecule has 16 heavy (non-hydrogen) atoms. The molecule has 1 aromatic heterocycles. The van der Waals surface area contributed by atoms with E-state index in [1.54, 1.807) is 7.11 Å². The molecule has 0 aliphatic carbocycles. The summed E-state index contributed by atoms with van der Waals surface area (Å²) < 4.78 is 10.6. The number of rotatable bonds is 2. The highest BCUT2D eigenvalue weighted by atomic mass is 16.5. The van der Waals surface area contributed by atoms with Gasteiger partial charge in [0.25, 0.3) is 0 Å². The minimum atomic E-state index is 0.798. The van der Waals surface area contributed by atoms with Crippen LogP contribution < -0.4 is 4.74 Å². The summed E-state index contributed by atoms with van der Waals surface area (Å²) in [6.07, 6.45) is 0. The van der Waals surface area contributed by atoms with Gasteiger partial charge in [-0.25, -0.2) is 0 Å². The number of aromatic nitrogens is 1. The average molecular weight is 217 g/mol. The molecule has 0 aliphatic heterocycles. The Morgan fingerprint density at radius 2 is 1.69 bits per heavy atom. The number of aryl methyl sites for hydroxylation is 3. The van der Waals surface area contributed by atoms with Gasteiger partial charge in [-0.2, -0.15) is 0 Å². The highest BCUT2D eigenvalue weighted by Crippen LogP contribution is 2.30. The van der Waals surface area contributed by atoms with Crippen LogP contribution in [0.3, 0.4) is 0 Å². The van der Waals surface area contributed by atoms with Gasteiger partial charge in [0.05, 0.1) is 12.8 Å². The van der Waals surface area contributed by atoms with E-state index in [0.29, 0.717) is 0 Å². The second kappa shape index (κ2) is 4.00. The van der Waals surface area contributed by atoms with Crippen molar-refractivity contribution in [1.29, 1.82) is 0 Å². The minimum Gasteiger partial charge on any atom is -0.496 e. The molecular weight excluding hydrogens is 202 g/mol. The Balaban J connectivity index is 2.52. The van der Waals surface area contributed by atoms with Crippen LogP contribution in [0.4, 0.5) is 0 Å². The number of nitrogens with zero attached hydrogens (tertiary/aromatic N) is 1. The van der Waals surface area contributed by atoms with Gasteiger partial charge in [0.15, 0.2) is 5.76 Å². The number of methoxy groups -OCH3 is 1. The standard InChI is InChI=1S/C13H15NO2/c1-8-5-11(6-9(2)13(8)15-4)12-7-10(3)14-16-12/h5-7H,1-4H3. The summed E-state index contributed by atoms with van der Waals surface area (Å²) in [7, 11) is 1.69. The van der Waals surface area contributed by atoms with Crippen LogP contribution in [0.1, 0.15) is 16.8 Å². The predicted octanol–water partition coefficient (Wildman–Crippen LogP) is 3.28. The van der Waals surface area contributed by atoms with Crippen LogP contribution in [0.2, 0.25) is 0 Å². The molecule has 0 aliphatic rings. The molecular formula is C13H15NO2. The molecule has 1 heterocycles. The lowest BCUT2D eigenvalue weighted by Crippen LogP contribution is -1.91. The van der Waals surface area contributed by atoms with Crippen LogP contribution in [0.25, 0.3) is 11.3 Å². The maximum atomic E-state index is 5.33. The summed E-state index contributed by atoms with van der Waals surface area (Å²) >= 11 is 0. The first-order chi connectivity index (χ1) is 7.61. The van der Waals surface area contributed by atoms with E-state index in [1.165, 1.54) is 0 Å². The Hall–Kier alpha value is -1.77. The summed E-state index contributed by atoms with van der Waals surface area (Å²) in [5.74, 6) is 1.73. The molecule has 0 amide bonds. The van der Waals surface area contributed by atoms with E-state index in [-0.39, 0.29) is 0 Å². The van der Waals surface area contributed by atoms with Gasteiger partial charge in [0.1, 0.15) is 5.75 Å². The number of benzene rings is 1. The van der Waals surface area contributed by atoms with E-state index < -0.39 is 0 Å². The largest absolute Gasteiger partial charge is 0.496 e. The molecule has 0 radical (unpaired) electrons. The fourth-order valence-electron chi connectivity index (χ4n) is 1.91. The van der Waals surface area contributed by atoms with Crippen molar-refractivity contribution in [3.05, 3.63) is 35.0 Å². The Kier molecular flexibility index (Phi) is 2.69. The normalized spacial score (nSPS) is 10.5. The molecule has 0 saturated carbocycles. The van der Waals surface area contributed by atoms with Crippen LogP contribution in [-0.2, 0) is 0 Å². The Bertz CT molecular complexity index is 491. The fourth-order valence-corrected chi connectivity index (χ4v) is 1.91. The zero-order valence-corrected chi connectivity index (χ0v) is 10.00. The molecule has 2 rings (SSSR count). The first-order valence-corrected chi connectivity index (χ1v) is 5.20. The quantitative estimate of drug-likeness (QED) is 0.774. The monoisotopic (exact) mass is 217 g/mol. The van der Waals surface area contributed by atoms with Gasteiger partial charge in [-0.3, -0.25) is 0 Å². The van der Waals surface area contributed by atoms with Crippen LogP contribution in [0, 0.1) is 20.8 Å². The van der Waals surface area contributed by atoms with Gasteiger partial charge in [0.2, 0.25) is 0 Å². The Morgan fingerprint density at radius 3 is 2.12 bits per heavy atom. The van der Waals surface area contributed by atoms with E-state index in [2.05, 4.69) is 5.16 Å². The summed E-state index contributed by atoms with van der Waals surface area (Å²) in [5.41, 5.74) is 4.13. The summed E-state index contributed by atoms with van der Waals surface area (Å²) in [4.78, 5) is 0. The number of hydrogen-bond donors (Lipinski definition) is 0. The van der Waals surface area contributed by atoms with Crippen molar-refractivity contribution < 1.29 is 9.26 Å². The van der Waals surface area contributed by atoms with Crippen LogP contribution in [0.15, 0.2) is 22.7 Å². The molecule has 3 heteroatoms. The lowest BCUT2D eigenvalue weighted by Gasteiger charge is -2.09. The summed E-state index contributed by atoms with van der Waals surface area (Å²) in [6, 6.07) is 6.03. The van der Waals surface area contributed by atoms with Crippen LogP contribution in [-0.4, -0.2) is 12.3 Å². The third-order valence-electron chi connectivity index (χ3n) is 2.58. The third kappa shape index (κ3) is 1.81. The zero-order chi connectivity index (χ0) is 11.7. The number of hydrogen-bond acceptors (Lipinski definition) is 3. The lowest BCUT2D eigenvalue weighted by molar-refractivity contribution is 0.408. The van der Waals surface area contributed by atoms with Crippen molar-refractivity contribution >= 4 is 0 Å². The topological polar surface area (TPSA) is 35.3 Å². The minimum absolute atomic E-state index is 0.798. The summed E-state index contributed by atoms with van der Waals surface area (Å²) in [6.45, 7) is 5.97. The van der Waals surface area contributed by atoms with E-state index in [0.717, 1.165) is 33.9 Å². The van der Waals surface area contributed by atoms with Crippen LogP contribution >= 0.6 is 0 Å². The van der Waals surface area contributed by atoms with Crippen molar-refractivity contribution in [3.63, 3.8) is 0 Å². The van der Waals surface area contributed by atoms with E-state index in [1.807, 2.05) is 39.0 Å². The van der Waals surface area contributed by atoms with Crippen LogP contribution in [0.5, 0.6) is 5.75 Å². The van der Waals surface area contributed by atoms with E-state index >= 15 is 0 Å². The van der Waals surface area contributed by atoms with Crippen molar-refractivity contribution in [2.75, 3.05) is 7.11 Å².